The van der Waals surface area contributed by atoms with E-state index in [1.807, 2.05) is 52.7 Å². The average molecular weight is 423 g/mol. The number of amides is 2. The zero-order chi connectivity index (χ0) is 20.4. The number of rotatable bonds is 5. The van der Waals surface area contributed by atoms with Gasteiger partial charge in [0.25, 0.3) is 5.91 Å². The molecular weight excluding hydrogens is 400 g/mol. The first-order valence-electron chi connectivity index (χ1n) is 9.51. The predicted molar refractivity (Wildman–Crippen MR) is 122 cm³/mol. The molecule has 0 saturated carbocycles. The van der Waals surface area contributed by atoms with Crippen LogP contribution in [0.1, 0.15) is 45.9 Å². The Morgan fingerprint density at radius 3 is 2.41 bits per heavy atom. The van der Waals surface area contributed by atoms with Crippen molar-refractivity contribution in [2.45, 2.75) is 25.1 Å². The Labute approximate surface area is 178 Å². The maximum atomic E-state index is 12.6. The minimum absolute atomic E-state index is 0.0607. The van der Waals surface area contributed by atoms with Crippen LogP contribution >= 0.6 is 23.1 Å². The van der Waals surface area contributed by atoms with Gasteiger partial charge < -0.3 is 5.32 Å². The van der Waals surface area contributed by atoms with Crippen molar-refractivity contribution in [2.24, 2.45) is 0 Å². The highest BCUT2D eigenvalue weighted by molar-refractivity contribution is 8.00. The van der Waals surface area contributed by atoms with E-state index < -0.39 is 0 Å². The van der Waals surface area contributed by atoms with Gasteiger partial charge in [-0.25, -0.2) is 0 Å². The van der Waals surface area contributed by atoms with Crippen LogP contribution in [-0.4, -0.2) is 17.6 Å². The fraction of sp³-hybridized carbons (Fsp3) is 0.217. The van der Waals surface area contributed by atoms with E-state index in [1.165, 1.54) is 16.9 Å². The summed E-state index contributed by atoms with van der Waals surface area (Å²) in [6.45, 7) is 4.32. The molecule has 1 aliphatic heterocycles. The first-order chi connectivity index (χ1) is 14.0. The second-order valence-corrected chi connectivity index (χ2v) is 9.24. The van der Waals surface area contributed by atoms with Gasteiger partial charge in [-0.1, -0.05) is 44.2 Å². The quantitative estimate of drug-likeness (QED) is 0.557. The lowest BCUT2D eigenvalue weighted by molar-refractivity contribution is -0.115. The summed E-state index contributed by atoms with van der Waals surface area (Å²) < 4.78 is 0. The first-order valence-corrected chi connectivity index (χ1v) is 11.4. The van der Waals surface area contributed by atoms with E-state index in [0.29, 0.717) is 16.5 Å². The summed E-state index contributed by atoms with van der Waals surface area (Å²) in [5.74, 6) is 0.936. The SMILES string of the molecule is CC(C)c1ccc(N2C(=O)CS[C@@H]2c2ccc(NC(=O)c3cccs3)cc2)cc1. The summed E-state index contributed by atoms with van der Waals surface area (Å²) in [6.07, 6.45) is 0. The second kappa shape index (κ2) is 8.43. The molecule has 3 aromatic rings. The predicted octanol–water partition coefficient (Wildman–Crippen LogP) is 5.90. The van der Waals surface area contributed by atoms with Crippen LogP contribution in [0.4, 0.5) is 11.4 Å². The van der Waals surface area contributed by atoms with E-state index in [1.54, 1.807) is 17.8 Å². The van der Waals surface area contributed by atoms with Crippen molar-refractivity contribution in [1.29, 1.82) is 0 Å². The van der Waals surface area contributed by atoms with Gasteiger partial charge in [0, 0.05) is 11.4 Å². The van der Waals surface area contributed by atoms with Crippen LogP contribution < -0.4 is 10.2 Å². The first kappa shape index (κ1) is 19.7. The third-order valence-corrected chi connectivity index (χ3v) is 6.99. The van der Waals surface area contributed by atoms with Gasteiger partial charge in [-0.2, -0.15) is 0 Å². The molecule has 0 bridgehead atoms. The van der Waals surface area contributed by atoms with Crippen molar-refractivity contribution >= 4 is 46.3 Å². The molecule has 29 heavy (non-hydrogen) atoms. The number of carbonyl (C=O) groups excluding carboxylic acids is 2. The fourth-order valence-electron chi connectivity index (χ4n) is 3.30. The summed E-state index contributed by atoms with van der Waals surface area (Å²) in [5.41, 5.74) is 3.97. The third-order valence-electron chi connectivity index (χ3n) is 4.90. The summed E-state index contributed by atoms with van der Waals surface area (Å²) in [6, 6.07) is 19.7. The Hall–Kier alpha value is -2.57. The number of nitrogens with zero attached hydrogens (tertiary/aromatic N) is 1. The van der Waals surface area contributed by atoms with Crippen LogP contribution in [-0.2, 0) is 4.79 Å². The molecule has 2 amide bonds. The number of hydrogen-bond acceptors (Lipinski definition) is 4. The molecule has 0 spiro atoms. The molecular formula is C23H22N2O2S2. The Balaban J connectivity index is 1.52. The molecule has 148 valence electrons. The lowest BCUT2D eigenvalue weighted by Crippen LogP contribution is -2.27. The number of anilines is 2. The molecule has 1 aromatic heterocycles. The van der Waals surface area contributed by atoms with Crippen molar-refractivity contribution in [3.8, 4) is 0 Å². The van der Waals surface area contributed by atoms with E-state index in [9.17, 15) is 9.59 Å². The summed E-state index contributed by atoms with van der Waals surface area (Å²) in [5, 5.41) is 4.74. The van der Waals surface area contributed by atoms with Gasteiger partial charge in [0.2, 0.25) is 5.91 Å². The Morgan fingerprint density at radius 1 is 1.07 bits per heavy atom. The highest BCUT2D eigenvalue weighted by atomic mass is 32.2. The smallest absolute Gasteiger partial charge is 0.265 e. The molecule has 4 nitrogen and oxygen atoms in total. The number of hydrogen-bond donors (Lipinski definition) is 1. The molecule has 4 rings (SSSR count). The van der Waals surface area contributed by atoms with Crippen molar-refractivity contribution in [3.63, 3.8) is 0 Å². The third kappa shape index (κ3) is 4.23. The molecule has 1 aliphatic rings. The van der Waals surface area contributed by atoms with Crippen molar-refractivity contribution < 1.29 is 9.59 Å². The Bertz CT molecular complexity index is 996. The zero-order valence-electron chi connectivity index (χ0n) is 16.3. The maximum absolute atomic E-state index is 12.6. The van der Waals surface area contributed by atoms with E-state index in [4.69, 9.17) is 0 Å². The van der Waals surface area contributed by atoms with E-state index >= 15 is 0 Å². The Morgan fingerprint density at radius 2 is 1.79 bits per heavy atom. The van der Waals surface area contributed by atoms with Crippen molar-refractivity contribution in [3.05, 3.63) is 82.0 Å². The summed E-state index contributed by atoms with van der Waals surface area (Å²) in [7, 11) is 0. The van der Waals surface area contributed by atoms with Crippen molar-refractivity contribution in [2.75, 3.05) is 16.0 Å². The van der Waals surface area contributed by atoms with Crippen LogP contribution in [0, 0.1) is 0 Å². The van der Waals surface area contributed by atoms with Gasteiger partial charge in [0.15, 0.2) is 0 Å². The lowest BCUT2D eigenvalue weighted by atomic mass is 10.0. The fourth-order valence-corrected chi connectivity index (χ4v) is 5.10. The van der Waals surface area contributed by atoms with Crippen LogP contribution in [0.5, 0.6) is 0 Å². The maximum Gasteiger partial charge on any atom is 0.265 e. The monoisotopic (exact) mass is 422 g/mol. The molecule has 1 fully saturated rings. The molecule has 1 N–H and O–H groups in total. The van der Waals surface area contributed by atoms with Gasteiger partial charge >= 0.3 is 0 Å². The van der Waals surface area contributed by atoms with Gasteiger partial charge in [-0.05, 0) is 52.8 Å². The standard InChI is InChI=1S/C23H22N2O2S2/c1-15(2)16-7-11-19(12-8-16)25-21(26)14-29-23(25)17-5-9-18(10-6-17)24-22(27)20-4-3-13-28-20/h3-13,15,23H,14H2,1-2H3,(H,24,27)/t23-/m1/s1. The van der Waals surface area contributed by atoms with Crippen molar-refractivity contribution in [1.82, 2.24) is 0 Å². The number of thiophene rings is 1. The lowest BCUT2D eigenvalue weighted by Gasteiger charge is -2.25. The molecule has 1 saturated heterocycles. The van der Waals surface area contributed by atoms with Crippen LogP contribution in [0.25, 0.3) is 0 Å². The minimum atomic E-state index is -0.106. The molecule has 0 aliphatic carbocycles. The molecule has 1 atom stereocenters. The van der Waals surface area contributed by atoms with Gasteiger partial charge in [0.05, 0.1) is 10.6 Å². The van der Waals surface area contributed by atoms with E-state index in [2.05, 4.69) is 31.3 Å². The molecule has 2 heterocycles. The van der Waals surface area contributed by atoms with Crippen LogP contribution in [0.15, 0.2) is 66.0 Å². The van der Waals surface area contributed by atoms with Gasteiger partial charge in [0.1, 0.15) is 5.37 Å². The molecule has 6 heteroatoms. The highest BCUT2D eigenvalue weighted by Crippen LogP contribution is 2.42. The minimum Gasteiger partial charge on any atom is -0.321 e. The highest BCUT2D eigenvalue weighted by Gasteiger charge is 2.34. The molecule has 2 aromatic carbocycles. The number of nitrogens with one attached hydrogen (secondary N) is 1. The van der Waals surface area contributed by atoms with E-state index in [0.717, 1.165) is 16.9 Å². The normalized spacial score (nSPS) is 16.4. The molecule has 0 radical (unpaired) electrons. The van der Waals surface area contributed by atoms with Gasteiger partial charge in [-0.3, -0.25) is 14.5 Å². The summed E-state index contributed by atoms with van der Waals surface area (Å²) >= 11 is 3.04. The molecule has 0 unspecified atom stereocenters. The number of benzene rings is 2. The van der Waals surface area contributed by atoms with Gasteiger partial charge in [-0.15, -0.1) is 23.1 Å². The topological polar surface area (TPSA) is 49.4 Å². The zero-order valence-corrected chi connectivity index (χ0v) is 17.9. The van der Waals surface area contributed by atoms with E-state index in [-0.39, 0.29) is 17.2 Å². The Kier molecular flexibility index (Phi) is 5.74. The number of carbonyl (C=O) groups is 2. The average Bonchev–Trinajstić information content (AvgIpc) is 3.39. The largest absolute Gasteiger partial charge is 0.321 e. The van der Waals surface area contributed by atoms with Crippen LogP contribution in [0.3, 0.4) is 0 Å². The number of thioether (sulfide) groups is 1. The summed E-state index contributed by atoms with van der Waals surface area (Å²) in [4.78, 5) is 27.3. The van der Waals surface area contributed by atoms with Crippen LogP contribution in [0.2, 0.25) is 0 Å². The second-order valence-electron chi connectivity index (χ2n) is 7.23.